The average molecular weight is 593 g/mol. The van der Waals surface area contributed by atoms with Crippen LogP contribution in [-0.4, -0.2) is 64.9 Å². The van der Waals surface area contributed by atoms with E-state index in [4.69, 9.17) is 30.5 Å². The number of fused-ring (bicyclic) bond motifs is 4. The summed E-state index contributed by atoms with van der Waals surface area (Å²) in [5, 5.41) is 3.36. The van der Waals surface area contributed by atoms with Crippen LogP contribution in [0.25, 0.3) is 0 Å². The summed E-state index contributed by atoms with van der Waals surface area (Å²) < 4.78 is 23.9. The molecule has 5 atom stereocenters. The third-order valence-corrected chi connectivity index (χ3v) is 8.05. The zero-order valence-electron chi connectivity index (χ0n) is 25.5. The first kappa shape index (κ1) is 31.4. The van der Waals surface area contributed by atoms with Crippen LogP contribution >= 0.6 is 11.6 Å². The number of carbonyl (C=O) groups excluding carboxylic acids is 3. The number of piperidine rings is 1. The molecule has 3 aliphatic rings. The molecule has 1 N–H and O–H groups in total. The number of amides is 2. The van der Waals surface area contributed by atoms with Gasteiger partial charge in [-0.15, -0.1) is 0 Å². The van der Waals surface area contributed by atoms with Crippen LogP contribution in [0.3, 0.4) is 0 Å². The molecule has 0 unspecified atom stereocenters. The molecule has 0 aromatic heterocycles. The molecule has 0 bridgehead atoms. The Morgan fingerprint density at radius 2 is 1.80 bits per heavy atom. The minimum Gasteiger partial charge on any atom is -0.487 e. The second-order valence-corrected chi connectivity index (χ2v) is 14.4. The predicted octanol–water partition coefficient (Wildman–Crippen LogP) is 5.82. The van der Waals surface area contributed by atoms with Crippen LogP contribution in [-0.2, 0) is 23.8 Å². The fourth-order valence-corrected chi connectivity index (χ4v) is 6.24. The topological polar surface area (TPSA) is 103 Å². The predicted molar refractivity (Wildman–Crippen MR) is 155 cm³/mol. The number of halogens is 1. The highest BCUT2D eigenvalue weighted by atomic mass is 35.5. The van der Waals surface area contributed by atoms with Crippen molar-refractivity contribution in [3.8, 4) is 5.75 Å². The number of nitrogens with one attached hydrogen (secondary N) is 1. The molecule has 2 amide bonds. The number of carbonyl (C=O) groups is 3. The lowest BCUT2D eigenvalue weighted by atomic mass is 9.70. The molecule has 2 fully saturated rings. The van der Waals surface area contributed by atoms with Crippen LogP contribution in [0.5, 0.6) is 5.75 Å². The lowest BCUT2D eigenvalue weighted by Gasteiger charge is -2.53. The molecule has 1 aromatic rings. The third kappa shape index (κ3) is 7.86. The molecule has 41 heavy (non-hydrogen) atoms. The summed E-state index contributed by atoms with van der Waals surface area (Å²) >= 11 is 6.32. The van der Waals surface area contributed by atoms with Gasteiger partial charge in [-0.1, -0.05) is 11.6 Å². The lowest BCUT2D eigenvalue weighted by molar-refractivity contribution is -0.189. The SMILES string of the molecule is CC(C)(C)OC(=O)CC[C@H](NC(=O)OC(C)(C)C)C(=O)N1CC[C@@H]2O[C@@H]3c4cc(Cl)ccc4OC(C)(C)[C@H]3C[C@@H]2C1. The smallest absolute Gasteiger partial charge is 0.408 e. The van der Waals surface area contributed by atoms with E-state index >= 15 is 0 Å². The van der Waals surface area contributed by atoms with Gasteiger partial charge in [0.05, 0.1) is 12.2 Å². The number of hydrogen-bond acceptors (Lipinski definition) is 7. The second kappa shape index (κ2) is 11.6. The quantitative estimate of drug-likeness (QED) is 0.430. The molecule has 0 radical (unpaired) electrons. The van der Waals surface area contributed by atoms with E-state index in [0.717, 1.165) is 17.7 Å². The Kier molecular flexibility index (Phi) is 8.91. The molecule has 1 aromatic carbocycles. The molecular weight excluding hydrogens is 548 g/mol. The van der Waals surface area contributed by atoms with Crippen LogP contribution < -0.4 is 10.1 Å². The summed E-state index contributed by atoms with van der Waals surface area (Å²) in [4.78, 5) is 40.7. The summed E-state index contributed by atoms with van der Waals surface area (Å²) in [5.41, 5.74) is -0.855. The number of rotatable bonds is 5. The Hall–Kier alpha value is -2.52. The van der Waals surface area contributed by atoms with E-state index in [2.05, 4.69) is 19.2 Å². The van der Waals surface area contributed by atoms with Crippen LogP contribution in [0.15, 0.2) is 18.2 Å². The number of esters is 1. The van der Waals surface area contributed by atoms with Gasteiger partial charge in [-0.05, 0) is 92.9 Å². The van der Waals surface area contributed by atoms with Gasteiger partial charge in [-0.3, -0.25) is 9.59 Å². The number of ether oxygens (including phenoxy) is 4. The van der Waals surface area contributed by atoms with E-state index in [0.29, 0.717) is 24.5 Å². The minimum absolute atomic E-state index is 0.0102. The van der Waals surface area contributed by atoms with Crippen molar-refractivity contribution >= 4 is 29.6 Å². The Balaban J connectivity index is 1.47. The van der Waals surface area contributed by atoms with Gasteiger partial charge in [0.25, 0.3) is 0 Å². The second-order valence-electron chi connectivity index (χ2n) is 14.0. The van der Waals surface area contributed by atoms with E-state index in [1.165, 1.54) is 0 Å². The van der Waals surface area contributed by atoms with E-state index in [9.17, 15) is 14.4 Å². The van der Waals surface area contributed by atoms with E-state index in [1.807, 2.05) is 18.2 Å². The number of hydrogen-bond donors (Lipinski definition) is 1. The van der Waals surface area contributed by atoms with Crippen LogP contribution in [0.2, 0.25) is 5.02 Å². The van der Waals surface area contributed by atoms with Crippen molar-refractivity contribution in [1.29, 1.82) is 0 Å². The molecule has 3 heterocycles. The number of alkyl carbamates (subject to hydrolysis) is 1. The van der Waals surface area contributed by atoms with Crippen molar-refractivity contribution in [3.63, 3.8) is 0 Å². The van der Waals surface area contributed by atoms with Crippen molar-refractivity contribution in [2.24, 2.45) is 11.8 Å². The number of nitrogens with zero attached hydrogens (tertiary/aromatic N) is 1. The summed E-state index contributed by atoms with van der Waals surface area (Å²) in [5.74, 6) is 0.314. The molecule has 10 heteroatoms. The first-order valence-electron chi connectivity index (χ1n) is 14.6. The monoisotopic (exact) mass is 592 g/mol. The average Bonchev–Trinajstić information content (AvgIpc) is 2.83. The van der Waals surface area contributed by atoms with Crippen LogP contribution in [0.1, 0.15) is 92.7 Å². The van der Waals surface area contributed by atoms with Gasteiger partial charge in [0.2, 0.25) is 5.91 Å². The summed E-state index contributed by atoms with van der Waals surface area (Å²) in [6, 6.07) is 4.74. The summed E-state index contributed by atoms with van der Waals surface area (Å²) in [6.45, 7) is 15.8. The molecule has 0 aliphatic carbocycles. The first-order chi connectivity index (χ1) is 18.9. The van der Waals surface area contributed by atoms with Gasteiger partial charge >= 0.3 is 12.1 Å². The molecule has 0 spiro atoms. The highest BCUT2D eigenvalue weighted by molar-refractivity contribution is 6.30. The third-order valence-electron chi connectivity index (χ3n) is 7.81. The summed E-state index contributed by atoms with van der Waals surface area (Å²) in [6.07, 6.45) is 0.743. The molecular formula is C31H45ClN2O7. The van der Waals surface area contributed by atoms with Gasteiger partial charge < -0.3 is 29.2 Å². The maximum absolute atomic E-state index is 13.8. The first-order valence-corrected chi connectivity index (χ1v) is 14.9. The Labute approximate surface area is 248 Å². The largest absolute Gasteiger partial charge is 0.487 e. The van der Waals surface area contributed by atoms with Crippen molar-refractivity contribution in [1.82, 2.24) is 10.2 Å². The normalized spacial score (nSPS) is 25.9. The van der Waals surface area contributed by atoms with Crippen LogP contribution in [0.4, 0.5) is 4.79 Å². The van der Waals surface area contributed by atoms with Crippen LogP contribution in [0, 0.1) is 11.8 Å². The fraction of sp³-hybridized carbons (Fsp3) is 0.710. The van der Waals surface area contributed by atoms with Crippen molar-refractivity contribution in [2.75, 3.05) is 13.1 Å². The molecule has 0 saturated carbocycles. The zero-order chi connectivity index (χ0) is 30.3. The summed E-state index contributed by atoms with van der Waals surface area (Å²) in [7, 11) is 0. The lowest BCUT2D eigenvalue weighted by Crippen LogP contribution is -2.58. The van der Waals surface area contributed by atoms with Gasteiger partial charge in [-0.25, -0.2) is 4.79 Å². The maximum atomic E-state index is 13.8. The van der Waals surface area contributed by atoms with Crippen molar-refractivity contribution in [3.05, 3.63) is 28.8 Å². The van der Waals surface area contributed by atoms with Gasteiger partial charge in [0.15, 0.2) is 0 Å². The molecule has 228 valence electrons. The molecule has 4 rings (SSSR count). The van der Waals surface area contributed by atoms with E-state index < -0.39 is 34.9 Å². The number of benzene rings is 1. The standard InChI is InChI=1S/C31H45ClN2O7/c1-29(2,3)40-25(35)12-10-22(33-28(37)41-30(4,5)6)27(36)34-14-13-23-18(17-34)15-21-26(38-23)20-16-19(32)9-11-24(20)39-31(21,7)8/h9,11,16,18,21-23,26H,10,12-15,17H2,1-8H3,(H,33,37)/t18-,21+,22+,23+,26-/m1/s1. The molecule has 9 nitrogen and oxygen atoms in total. The van der Waals surface area contributed by atoms with Gasteiger partial charge in [-0.2, -0.15) is 0 Å². The fourth-order valence-electron chi connectivity index (χ4n) is 6.06. The Morgan fingerprint density at radius 1 is 1.12 bits per heavy atom. The zero-order valence-corrected chi connectivity index (χ0v) is 26.3. The van der Waals surface area contributed by atoms with Crippen molar-refractivity contribution in [2.45, 2.75) is 116 Å². The highest BCUT2D eigenvalue weighted by Crippen LogP contribution is 2.53. The molecule has 2 saturated heterocycles. The Bertz CT molecular complexity index is 1160. The highest BCUT2D eigenvalue weighted by Gasteiger charge is 2.52. The maximum Gasteiger partial charge on any atom is 0.408 e. The molecule has 3 aliphatic heterocycles. The Morgan fingerprint density at radius 3 is 2.46 bits per heavy atom. The van der Waals surface area contributed by atoms with Gasteiger partial charge in [0.1, 0.15) is 28.6 Å². The van der Waals surface area contributed by atoms with Crippen molar-refractivity contribution < 1.29 is 33.3 Å². The van der Waals surface area contributed by atoms with Gasteiger partial charge in [0, 0.05) is 41.9 Å². The minimum atomic E-state index is -0.922. The van der Waals surface area contributed by atoms with E-state index in [1.54, 1.807) is 46.4 Å². The number of likely N-dealkylation sites (tertiary alicyclic amines) is 1. The van der Waals surface area contributed by atoms with E-state index in [-0.39, 0.29) is 42.8 Å².